The van der Waals surface area contributed by atoms with Gasteiger partial charge in [-0.1, -0.05) is 6.07 Å². The Balaban J connectivity index is 2.22. The molecule has 0 aliphatic carbocycles. The van der Waals surface area contributed by atoms with E-state index >= 15 is 0 Å². The molecule has 1 atom stereocenters. The van der Waals surface area contributed by atoms with E-state index in [0.29, 0.717) is 5.56 Å². The zero-order chi connectivity index (χ0) is 12.4. The van der Waals surface area contributed by atoms with E-state index in [1.165, 1.54) is 0 Å². The zero-order valence-corrected chi connectivity index (χ0v) is 9.80. The standard InChI is InChI=1S/C12H16N2O3/c1-9-2-3-11(6-12(9)14(16)17)13-5-4-10(7-13)8-15/h2-3,6,10,15H,4-5,7-8H2,1H3. The molecule has 1 heterocycles. The highest BCUT2D eigenvalue weighted by Gasteiger charge is 2.23. The average Bonchev–Trinajstić information content (AvgIpc) is 2.78. The summed E-state index contributed by atoms with van der Waals surface area (Å²) in [4.78, 5) is 12.6. The minimum absolute atomic E-state index is 0.162. The van der Waals surface area contributed by atoms with Gasteiger partial charge in [-0.2, -0.15) is 0 Å². The van der Waals surface area contributed by atoms with Gasteiger partial charge in [0.2, 0.25) is 0 Å². The Morgan fingerprint density at radius 2 is 2.35 bits per heavy atom. The van der Waals surface area contributed by atoms with Gasteiger partial charge in [-0.05, 0) is 19.4 Å². The Kier molecular flexibility index (Phi) is 3.28. The van der Waals surface area contributed by atoms with Crippen molar-refractivity contribution in [3.05, 3.63) is 33.9 Å². The van der Waals surface area contributed by atoms with Crippen LogP contribution in [0.2, 0.25) is 0 Å². The second-order valence-corrected chi connectivity index (χ2v) is 4.51. The molecular weight excluding hydrogens is 220 g/mol. The van der Waals surface area contributed by atoms with Crippen molar-refractivity contribution in [1.82, 2.24) is 0 Å². The van der Waals surface area contributed by atoms with Gasteiger partial charge in [0, 0.05) is 42.9 Å². The van der Waals surface area contributed by atoms with Crippen molar-refractivity contribution < 1.29 is 10.0 Å². The van der Waals surface area contributed by atoms with Crippen molar-refractivity contribution >= 4 is 11.4 Å². The number of aliphatic hydroxyl groups excluding tert-OH is 1. The number of aryl methyl sites for hydroxylation is 1. The number of aliphatic hydroxyl groups is 1. The molecule has 1 aliphatic rings. The first kappa shape index (κ1) is 11.9. The molecule has 1 saturated heterocycles. The van der Waals surface area contributed by atoms with Crippen LogP contribution < -0.4 is 4.90 Å². The molecule has 1 fully saturated rings. The molecule has 0 bridgehead atoms. The minimum Gasteiger partial charge on any atom is -0.396 e. The van der Waals surface area contributed by atoms with Crippen molar-refractivity contribution in [2.24, 2.45) is 5.92 Å². The van der Waals surface area contributed by atoms with Crippen LogP contribution >= 0.6 is 0 Å². The number of nitro benzene ring substituents is 1. The van der Waals surface area contributed by atoms with Gasteiger partial charge in [-0.15, -0.1) is 0 Å². The lowest BCUT2D eigenvalue weighted by Gasteiger charge is -2.18. The topological polar surface area (TPSA) is 66.6 Å². The van der Waals surface area contributed by atoms with E-state index in [9.17, 15) is 10.1 Å². The molecule has 92 valence electrons. The van der Waals surface area contributed by atoms with Crippen LogP contribution in [0.25, 0.3) is 0 Å². The molecule has 1 aromatic rings. The normalized spacial score (nSPS) is 19.6. The van der Waals surface area contributed by atoms with Crippen molar-refractivity contribution in [2.45, 2.75) is 13.3 Å². The lowest BCUT2D eigenvalue weighted by atomic mass is 10.1. The average molecular weight is 236 g/mol. The molecule has 0 spiro atoms. The molecule has 17 heavy (non-hydrogen) atoms. The zero-order valence-electron chi connectivity index (χ0n) is 9.80. The fourth-order valence-electron chi connectivity index (χ4n) is 2.21. The summed E-state index contributed by atoms with van der Waals surface area (Å²) in [7, 11) is 0. The molecule has 5 heteroatoms. The fraction of sp³-hybridized carbons (Fsp3) is 0.500. The Morgan fingerprint density at radius 1 is 1.59 bits per heavy atom. The highest BCUT2D eigenvalue weighted by atomic mass is 16.6. The van der Waals surface area contributed by atoms with Gasteiger partial charge < -0.3 is 10.0 Å². The smallest absolute Gasteiger partial charge is 0.274 e. The molecule has 2 rings (SSSR count). The number of hydrogen-bond acceptors (Lipinski definition) is 4. The van der Waals surface area contributed by atoms with E-state index in [1.807, 2.05) is 6.07 Å². The van der Waals surface area contributed by atoms with Gasteiger partial charge in [0.1, 0.15) is 0 Å². The summed E-state index contributed by atoms with van der Waals surface area (Å²) in [6.45, 7) is 3.55. The number of nitro groups is 1. The van der Waals surface area contributed by atoms with Crippen molar-refractivity contribution in [3.63, 3.8) is 0 Å². The summed E-state index contributed by atoms with van der Waals surface area (Å²) in [5.41, 5.74) is 1.71. The molecule has 1 aliphatic heterocycles. The minimum atomic E-state index is -0.349. The monoisotopic (exact) mass is 236 g/mol. The first-order valence-corrected chi connectivity index (χ1v) is 5.72. The van der Waals surface area contributed by atoms with Crippen LogP contribution in [0, 0.1) is 23.0 Å². The third kappa shape index (κ3) is 2.39. The summed E-state index contributed by atoms with van der Waals surface area (Å²) in [5.74, 6) is 0.287. The third-order valence-electron chi connectivity index (χ3n) is 3.30. The fourth-order valence-corrected chi connectivity index (χ4v) is 2.21. The lowest BCUT2D eigenvalue weighted by molar-refractivity contribution is -0.385. The molecule has 0 aromatic heterocycles. The summed E-state index contributed by atoms with van der Waals surface area (Å²) < 4.78 is 0. The van der Waals surface area contributed by atoms with Gasteiger partial charge in [0.05, 0.1) is 4.92 Å². The summed E-state index contributed by atoms with van der Waals surface area (Å²) in [6.07, 6.45) is 0.943. The lowest BCUT2D eigenvalue weighted by Crippen LogP contribution is -2.20. The Morgan fingerprint density at radius 3 is 2.94 bits per heavy atom. The second-order valence-electron chi connectivity index (χ2n) is 4.51. The molecule has 5 nitrogen and oxygen atoms in total. The summed E-state index contributed by atoms with van der Waals surface area (Å²) >= 11 is 0. The van der Waals surface area contributed by atoms with Crippen LogP contribution in [-0.2, 0) is 0 Å². The van der Waals surface area contributed by atoms with E-state index in [1.54, 1.807) is 19.1 Å². The Labute approximate surface area is 99.8 Å². The molecule has 0 radical (unpaired) electrons. The van der Waals surface area contributed by atoms with Crippen LogP contribution in [0.15, 0.2) is 18.2 Å². The third-order valence-corrected chi connectivity index (χ3v) is 3.30. The highest BCUT2D eigenvalue weighted by Crippen LogP contribution is 2.28. The molecular formula is C12H16N2O3. The Bertz CT molecular complexity index is 434. The van der Waals surface area contributed by atoms with Crippen molar-refractivity contribution in [3.8, 4) is 0 Å². The molecule has 1 unspecified atom stereocenters. The number of benzene rings is 1. The van der Waals surface area contributed by atoms with E-state index in [0.717, 1.165) is 25.2 Å². The van der Waals surface area contributed by atoms with Crippen molar-refractivity contribution in [1.29, 1.82) is 0 Å². The molecule has 0 amide bonds. The van der Waals surface area contributed by atoms with Crippen LogP contribution in [0.4, 0.5) is 11.4 Å². The van der Waals surface area contributed by atoms with Crippen molar-refractivity contribution in [2.75, 3.05) is 24.6 Å². The van der Waals surface area contributed by atoms with Crippen LogP contribution in [-0.4, -0.2) is 29.7 Å². The van der Waals surface area contributed by atoms with E-state index in [-0.39, 0.29) is 23.1 Å². The quantitative estimate of drug-likeness (QED) is 0.641. The van der Waals surface area contributed by atoms with Crippen LogP contribution in [0.1, 0.15) is 12.0 Å². The second kappa shape index (κ2) is 4.71. The maximum atomic E-state index is 10.9. The van der Waals surface area contributed by atoms with E-state index in [4.69, 9.17) is 5.11 Å². The number of rotatable bonds is 3. The van der Waals surface area contributed by atoms with Gasteiger partial charge in [-0.25, -0.2) is 0 Å². The first-order chi connectivity index (χ1) is 8.11. The highest BCUT2D eigenvalue weighted by molar-refractivity contribution is 5.57. The van der Waals surface area contributed by atoms with Gasteiger partial charge in [-0.3, -0.25) is 10.1 Å². The number of hydrogen-bond donors (Lipinski definition) is 1. The number of nitrogens with zero attached hydrogens (tertiary/aromatic N) is 2. The van der Waals surface area contributed by atoms with Gasteiger partial charge in [0.25, 0.3) is 5.69 Å². The van der Waals surface area contributed by atoms with Gasteiger partial charge in [0.15, 0.2) is 0 Å². The van der Waals surface area contributed by atoms with Crippen LogP contribution in [0.3, 0.4) is 0 Å². The molecule has 1 N–H and O–H groups in total. The predicted octanol–water partition coefficient (Wildman–Crippen LogP) is 1.72. The molecule has 0 saturated carbocycles. The SMILES string of the molecule is Cc1ccc(N2CCC(CO)C2)cc1[N+](=O)[O-]. The largest absolute Gasteiger partial charge is 0.396 e. The predicted molar refractivity (Wildman–Crippen MR) is 65.2 cm³/mol. The van der Waals surface area contributed by atoms with Gasteiger partial charge >= 0.3 is 0 Å². The summed E-state index contributed by atoms with van der Waals surface area (Å²) in [6, 6.07) is 5.30. The summed E-state index contributed by atoms with van der Waals surface area (Å²) in [5, 5.41) is 19.9. The van der Waals surface area contributed by atoms with E-state index < -0.39 is 0 Å². The first-order valence-electron chi connectivity index (χ1n) is 5.72. The maximum absolute atomic E-state index is 10.9. The number of anilines is 1. The molecule has 1 aromatic carbocycles. The maximum Gasteiger partial charge on any atom is 0.274 e. The van der Waals surface area contributed by atoms with E-state index in [2.05, 4.69) is 4.90 Å². The Hall–Kier alpha value is -1.62. The van der Waals surface area contributed by atoms with Crippen LogP contribution in [0.5, 0.6) is 0 Å².